The van der Waals surface area contributed by atoms with Gasteiger partial charge >= 0.3 is 0 Å². The number of carbonyl (C=O) groups excluding carboxylic acids is 2. The van der Waals surface area contributed by atoms with Crippen LogP contribution >= 0.6 is 23.2 Å². The fourth-order valence-corrected chi connectivity index (χ4v) is 3.35. The molecule has 130 valence electrons. The van der Waals surface area contributed by atoms with Crippen LogP contribution in [0.15, 0.2) is 42.5 Å². The molecule has 0 unspecified atom stereocenters. The van der Waals surface area contributed by atoms with Crippen LogP contribution in [-0.2, 0) is 16.0 Å². The second-order valence-electron chi connectivity index (χ2n) is 6.00. The van der Waals surface area contributed by atoms with Crippen LogP contribution in [-0.4, -0.2) is 18.4 Å². The van der Waals surface area contributed by atoms with Gasteiger partial charge in [-0.25, -0.2) is 0 Å². The lowest BCUT2D eigenvalue weighted by atomic mass is 10.1. The quantitative estimate of drug-likeness (QED) is 0.850. The van der Waals surface area contributed by atoms with Crippen molar-refractivity contribution in [1.29, 1.82) is 0 Å². The summed E-state index contributed by atoms with van der Waals surface area (Å²) in [5.74, 6) is -0.695. The van der Waals surface area contributed by atoms with Crippen LogP contribution in [0.25, 0.3) is 0 Å². The minimum Gasteiger partial charge on any atom is -0.324 e. The van der Waals surface area contributed by atoms with E-state index in [1.54, 1.807) is 23.1 Å². The van der Waals surface area contributed by atoms with E-state index in [9.17, 15) is 9.59 Å². The molecule has 1 heterocycles. The number of para-hydroxylation sites is 1. The van der Waals surface area contributed by atoms with Crippen molar-refractivity contribution in [2.24, 2.45) is 5.92 Å². The van der Waals surface area contributed by atoms with E-state index in [0.29, 0.717) is 22.3 Å². The zero-order valence-corrected chi connectivity index (χ0v) is 15.3. The molecule has 0 bridgehead atoms. The Morgan fingerprint density at radius 1 is 1.24 bits per heavy atom. The monoisotopic (exact) mass is 376 g/mol. The van der Waals surface area contributed by atoms with Gasteiger partial charge < -0.3 is 10.2 Å². The molecule has 0 aromatic heterocycles. The van der Waals surface area contributed by atoms with Gasteiger partial charge in [-0.2, -0.15) is 0 Å². The van der Waals surface area contributed by atoms with Gasteiger partial charge in [-0.3, -0.25) is 9.59 Å². The van der Waals surface area contributed by atoms with Gasteiger partial charge in [0.2, 0.25) is 11.8 Å². The summed E-state index contributed by atoms with van der Waals surface area (Å²) >= 11 is 12.0. The molecule has 1 saturated heterocycles. The predicted octanol–water partition coefficient (Wildman–Crippen LogP) is 4.55. The van der Waals surface area contributed by atoms with Crippen LogP contribution < -0.4 is 10.2 Å². The number of carbonyl (C=O) groups is 2. The molecular formula is C19H18Cl2N2O2. The van der Waals surface area contributed by atoms with Crippen molar-refractivity contribution in [3.63, 3.8) is 0 Å². The van der Waals surface area contributed by atoms with Crippen LogP contribution in [0.5, 0.6) is 0 Å². The Kier molecular flexibility index (Phi) is 5.30. The lowest BCUT2D eigenvalue weighted by Crippen LogP contribution is -2.28. The van der Waals surface area contributed by atoms with E-state index < -0.39 is 5.92 Å². The van der Waals surface area contributed by atoms with E-state index in [4.69, 9.17) is 23.2 Å². The van der Waals surface area contributed by atoms with Crippen LogP contribution in [0.1, 0.15) is 18.9 Å². The van der Waals surface area contributed by atoms with Crippen LogP contribution in [0.4, 0.5) is 11.4 Å². The fraction of sp³-hybridized carbons (Fsp3) is 0.263. The van der Waals surface area contributed by atoms with Crippen molar-refractivity contribution in [3.8, 4) is 0 Å². The van der Waals surface area contributed by atoms with Gasteiger partial charge in [-0.15, -0.1) is 0 Å². The van der Waals surface area contributed by atoms with Crippen molar-refractivity contribution in [2.45, 2.75) is 19.8 Å². The Balaban J connectivity index is 1.76. The summed E-state index contributed by atoms with van der Waals surface area (Å²) in [6.07, 6.45) is 1.01. The van der Waals surface area contributed by atoms with Crippen LogP contribution in [0.2, 0.25) is 10.0 Å². The Morgan fingerprint density at radius 2 is 2.00 bits per heavy atom. The van der Waals surface area contributed by atoms with E-state index in [2.05, 4.69) is 5.32 Å². The van der Waals surface area contributed by atoms with Gasteiger partial charge in [0.1, 0.15) is 0 Å². The fourth-order valence-electron chi connectivity index (χ4n) is 3.02. The molecule has 25 heavy (non-hydrogen) atoms. The maximum atomic E-state index is 12.6. The molecular weight excluding hydrogens is 359 g/mol. The van der Waals surface area contributed by atoms with Gasteiger partial charge in [-0.1, -0.05) is 48.3 Å². The van der Waals surface area contributed by atoms with E-state index in [-0.39, 0.29) is 18.2 Å². The number of hydrogen-bond acceptors (Lipinski definition) is 2. The smallest absolute Gasteiger partial charge is 0.229 e. The van der Waals surface area contributed by atoms with Crippen molar-refractivity contribution < 1.29 is 9.59 Å². The number of halogens is 2. The number of nitrogens with one attached hydrogen (secondary N) is 1. The summed E-state index contributed by atoms with van der Waals surface area (Å²) < 4.78 is 0. The minimum atomic E-state index is -0.424. The zero-order chi connectivity index (χ0) is 18.0. The number of hydrogen-bond donors (Lipinski definition) is 1. The largest absolute Gasteiger partial charge is 0.324 e. The average Bonchev–Trinajstić information content (AvgIpc) is 3.00. The molecule has 0 aliphatic carbocycles. The number of amides is 2. The van der Waals surface area contributed by atoms with Gasteiger partial charge in [0, 0.05) is 23.7 Å². The van der Waals surface area contributed by atoms with Crippen molar-refractivity contribution in [1.82, 2.24) is 0 Å². The second kappa shape index (κ2) is 7.46. The van der Waals surface area contributed by atoms with E-state index >= 15 is 0 Å². The number of anilines is 2. The standard InChI is InChI=1S/C19H18Cl2N2O2/c1-2-12-5-3-4-6-17(12)23-11-13(9-18(23)24)19(25)22-16-10-14(20)7-8-15(16)21/h3-8,10,13H,2,9,11H2,1H3,(H,22,25)/t13-/m1/s1. The first kappa shape index (κ1) is 17.8. The molecule has 1 aliphatic rings. The number of benzene rings is 2. The molecule has 0 spiro atoms. The molecule has 6 heteroatoms. The van der Waals surface area contributed by atoms with Crippen LogP contribution in [0, 0.1) is 5.92 Å². The normalized spacial score (nSPS) is 17.0. The summed E-state index contributed by atoms with van der Waals surface area (Å²) in [5.41, 5.74) is 2.43. The van der Waals surface area contributed by atoms with Gasteiger partial charge in [0.15, 0.2) is 0 Å². The highest BCUT2D eigenvalue weighted by molar-refractivity contribution is 6.35. The number of nitrogens with zero attached hydrogens (tertiary/aromatic N) is 1. The summed E-state index contributed by atoms with van der Waals surface area (Å²) in [7, 11) is 0. The first-order valence-electron chi connectivity index (χ1n) is 8.13. The Hall–Kier alpha value is -2.04. The van der Waals surface area contributed by atoms with E-state index in [0.717, 1.165) is 17.7 Å². The van der Waals surface area contributed by atoms with Crippen molar-refractivity contribution in [2.75, 3.05) is 16.8 Å². The Labute approximate surface area is 156 Å². The summed E-state index contributed by atoms with van der Waals surface area (Å²) in [5, 5.41) is 3.68. The molecule has 2 amide bonds. The molecule has 4 nitrogen and oxygen atoms in total. The lowest BCUT2D eigenvalue weighted by Gasteiger charge is -2.20. The molecule has 1 atom stereocenters. The SMILES string of the molecule is CCc1ccccc1N1C[C@H](C(=O)Nc2cc(Cl)ccc2Cl)CC1=O. The molecule has 3 rings (SSSR count). The van der Waals surface area contributed by atoms with Crippen LogP contribution in [0.3, 0.4) is 0 Å². The van der Waals surface area contributed by atoms with Gasteiger partial charge in [0.25, 0.3) is 0 Å². The second-order valence-corrected chi connectivity index (χ2v) is 6.84. The summed E-state index contributed by atoms with van der Waals surface area (Å²) in [6, 6.07) is 12.7. The average molecular weight is 377 g/mol. The third-order valence-electron chi connectivity index (χ3n) is 4.35. The third kappa shape index (κ3) is 3.80. The topological polar surface area (TPSA) is 49.4 Å². The van der Waals surface area contributed by atoms with Gasteiger partial charge in [-0.05, 0) is 36.2 Å². The molecule has 1 N–H and O–H groups in total. The zero-order valence-electron chi connectivity index (χ0n) is 13.8. The molecule has 1 fully saturated rings. The highest BCUT2D eigenvalue weighted by atomic mass is 35.5. The van der Waals surface area contributed by atoms with E-state index in [1.807, 2.05) is 31.2 Å². The first-order chi connectivity index (χ1) is 12.0. The maximum Gasteiger partial charge on any atom is 0.229 e. The molecule has 2 aromatic rings. The van der Waals surface area contributed by atoms with Gasteiger partial charge in [0.05, 0.1) is 16.6 Å². The highest BCUT2D eigenvalue weighted by Gasteiger charge is 2.35. The molecule has 2 aromatic carbocycles. The molecule has 0 saturated carbocycles. The number of rotatable bonds is 4. The minimum absolute atomic E-state index is 0.0433. The maximum absolute atomic E-state index is 12.6. The molecule has 0 radical (unpaired) electrons. The Morgan fingerprint density at radius 3 is 2.76 bits per heavy atom. The summed E-state index contributed by atoms with van der Waals surface area (Å²) in [4.78, 5) is 26.7. The summed E-state index contributed by atoms with van der Waals surface area (Å²) in [6.45, 7) is 2.41. The van der Waals surface area contributed by atoms with Crippen molar-refractivity contribution >= 4 is 46.4 Å². The lowest BCUT2D eigenvalue weighted by molar-refractivity contribution is -0.122. The third-order valence-corrected chi connectivity index (χ3v) is 4.91. The predicted molar refractivity (Wildman–Crippen MR) is 101 cm³/mol. The van der Waals surface area contributed by atoms with E-state index in [1.165, 1.54) is 0 Å². The molecule has 1 aliphatic heterocycles. The first-order valence-corrected chi connectivity index (χ1v) is 8.89. The Bertz CT molecular complexity index is 823. The van der Waals surface area contributed by atoms with Crippen molar-refractivity contribution in [3.05, 3.63) is 58.1 Å². The highest BCUT2D eigenvalue weighted by Crippen LogP contribution is 2.30. The number of aryl methyl sites for hydroxylation is 1.